The van der Waals surface area contributed by atoms with Crippen molar-refractivity contribution in [3.8, 4) is 0 Å². The van der Waals surface area contributed by atoms with Gasteiger partial charge in [0, 0.05) is 5.56 Å². The minimum absolute atomic E-state index is 0.149. The van der Waals surface area contributed by atoms with Crippen LogP contribution in [0.15, 0.2) is 30.3 Å². The second-order valence-electron chi connectivity index (χ2n) is 3.01. The summed E-state index contributed by atoms with van der Waals surface area (Å²) in [5.41, 5.74) is 0.415. The summed E-state index contributed by atoms with van der Waals surface area (Å²) >= 11 is 0. The minimum Gasteiger partial charge on any atom is -0.475 e. The van der Waals surface area contributed by atoms with Crippen LogP contribution in [0, 0.1) is 0 Å². The fourth-order valence-corrected chi connectivity index (χ4v) is 1.18. The van der Waals surface area contributed by atoms with Crippen LogP contribution in [-0.2, 0) is 0 Å². The van der Waals surface area contributed by atoms with E-state index in [4.69, 9.17) is 5.11 Å². The Morgan fingerprint density at radius 3 is 2.44 bits per heavy atom. The summed E-state index contributed by atoms with van der Waals surface area (Å²) in [7, 11) is 0. The van der Waals surface area contributed by atoms with Crippen LogP contribution in [0.25, 0.3) is 0 Å². The average Bonchev–Trinajstić information content (AvgIpc) is 2.78. The quantitative estimate of drug-likeness (QED) is 0.739. The molecule has 0 fully saturated rings. The standard InChI is InChI=1S/C10H7N3O3/c14-7(6-4-2-1-3-5-6)8-11-9(10(15)16)13-12-8/h1-5H,(H,15,16)(H,11,12,13). The van der Waals surface area contributed by atoms with Gasteiger partial charge in [-0.25, -0.2) is 4.79 Å². The maximum absolute atomic E-state index is 11.7. The lowest BCUT2D eigenvalue weighted by atomic mass is 10.1. The van der Waals surface area contributed by atoms with E-state index in [1.807, 2.05) is 0 Å². The number of H-pyrrole nitrogens is 1. The zero-order valence-corrected chi connectivity index (χ0v) is 8.04. The zero-order chi connectivity index (χ0) is 11.5. The van der Waals surface area contributed by atoms with Crippen LogP contribution in [0.4, 0.5) is 0 Å². The highest BCUT2D eigenvalue weighted by molar-refractivity contribution is 6.06. The van der Waals surface area contributed by atoms with Gasteiger partial charge < -0.3 is 5.11 Å². The molecular formula is C10H7N3O3. The number of carboxylic acid groups (broad SMARTS) is 1. The van der Waals surface area contributed by atoms with Crippen LogP contribution in [0.3, 0.4) is 0 Å². The predicted molar refractivity (Wildman–Crippen MR) is 53.2 cm³/mol. The smallest absolute Gasteiger partial charge is 0.373 e. The molecule has 2 N–H and O–H groups in total. The minimum atomic E-state index is -1.25. The number of ketones is 1. The number of hydrogen-bond donors (Lipinski definition) is 2. The molecule has 0 saturated heterocycles. The van der Waals surface area contributed by atoms with Crippen LogP contribution in [0.5, 0.6) is 0 Å². The third-order valence-electron chi connectivity index (χ3n) is 1.93. The largest absolute Gasteiger partial charge is 0.475 e. The first-order valence-electron chi connectivity index (χ1n) is 4.44. The van der Waals surface area contributed by atoms with Gasteiger partial charge >= 0.3 is 5.97 Å². The molecule has 80 valence electrons. The molecule has 16 heavy (non-hydrogen) atoms. The van der Waals surface area contributed by atoms with E-state index < -0.39 is 11.8 Å². The molecule has 6 nitrogen and oxygen atoms in total. The van der Waals surface area contributed by atoms with Crippen molar-refractivity contribution in [3.05, 3.63) is 47.5 Å². The van der Waals surface area contributed by atoms with Crippen LogP contribution >= 0.6 is 0 Å². The van der Waals surface area contributed by atoms with Gasteiger partial charge in [-0.3, -0.25) is 9.89 Å². The van der Waals surface area contributed by atoms with E-state index >= 15 is 0 Å². The van der Waals surface area contributed by atoms with Crippen molar-refractivity contribution in [2.45, 2.75) is 0 Å². The first-order chi connectivity index (χ1) is 7.68. The molecule has 1 heterocycles. The number of aromatic amines is 1. The fraction of sp³-hybridized carbons (Fsp3) is 0. The topological polar surface area (TPSA) is 95.9 Å². The number of aromatic nitrogens is 3. The van der Waals surface area contributed by atoms with Crippen LogP contribution in [0.2, 0.25) is 0 Å². The normalized spacial score (nSPS) is 10.0. The van der Waals surface area contributed by atoms with Gasteiger partial charge in [0.2, 0.25) is 17.4 Å². The Kier molecular flexibility index (Phi) is 2.47. The molecule has 0 aliphatic rings. The number of carbonyl (C=O) groups is 2. The Balaban J connectivity index is 2.31. The summed E-state index contributed by atoms with van der Waals surface area (Å²) in [6.45, 7) is 0. The number of benzene rings is 1. The van der Waals surface area contributed by atoms with Gasteiger partial charge in [0.25, 0.3) is 0 Å². The second-order valence-corrected chi connectivity index (χ2v) is 3.01. The number of rotatable bonds is 3. The van der Waals surface area contributed by atoms with Crippen LogP contribution in [-0.4, -0.2) is 32.0 Å². The number of hydrogen-bond acceptors (Lipinski definition) is 4. The van der Waals surface area contributed by atoms with Crippen LogP contribution < -0.4 is 0 Å². The Bertz CT molecular complexity index is 533. The Morgan fingerprint density at radius 2 is 1.88 bits per heavy atom. The molecule has 0 spiro atoms. The molecule has 0 bridgehead atoms. The molecule has 0 unspecified atom stereocenters. The van der Waals surface area contributed by atoms with E-state index in [1.165, 1.54) is 0 Å². The number of carboxylic acids is 1. The summed E-state index contributed by atoms with van der Waals surface area (Å²) in [5, 5.41) is 14.3. The summed E-state index contributed by atoms with van der Waals surface area (Å²) < 4.78 is 0. The third kappa shape index (κ3) is 1.81. The summed E-state index contributed by atoms with van der Waals surface area (Å²) in [6.07, 6.45) is 0. The van der Waals surface area contributed by atoms with E-state index in [-0.39, 0.29) is 11.6 Å². The summed E-state index contributed by atoms with van der Waals surface area (Å²) in [6, 6.07) is 8.41. The molecule has 0 aliphatic carbocycles. The first-order valence-corrected chi connectivity index (χ1v) is 4.44. The summed E-state index contributed by atoms with van der Waals surface area (Å²) in [4.78, 5) is 25.8. The average molecular weight is 217 g/mol. The van der Waals surface area contributed by atoms with Gasteiger partial charge in [-0.05, 0) is 0 Å². The van der Waals surface area contributed by atoms with E-state index in [2.05, 4.69) is 15.2 Å². The Morgan fingerprint density at radius 1 is 1.19 bits per heavy atom. The predicted octanol–water partition coefficient (Wildman–Crippen LogP) is 0.734. The lowest BCUT2D eigenvalue weighted by Crippen LogP contribution is -2.04. The van der Waals surface area contributed by atoms with Crippen molar-refractivity contribution in [1.29, 1.82) is 0 Å². The van der Waals surface area contributed by atoms with Gasteiger partial charge in [-0.15, -0.1) is 5.10 Å². The maximum atomic E-state index is 11.7. The maximum Gasteiger partial charge on any atom is 0.373 e. The highest BCUT2D eigenvalue weighted by atomic mass is 16.4. The molecule has 0 amide bonds. The third-order valence-corrected chi connectivity index (χ3v) is 1.93. The first kappa shape index (κ1) is 10.0. The van der Waals surface area contributed by atoms with Crippen LogP contribution in [0.1, 0.15) is 26.8 Å². The molecule has 1 aromatic carbocycles. The molecule has 0 saturated carbocycles. The number of nitrogens with one attached hydrogen (secondary N) is 1. The van der Waals surface area contributed by atoms with E-state index in [0.29, 0.717) is 5.56 Å². The van der Waals surface area contributed by atoms with E-state index in [0.717, 1.165) is 0 Å². The van der Waals surface area contributed by atoms with Crippen molar-refractivity contribution >= 4 is 11.8 Å². The SMILES string of the molecule is O=C(c1ccccc1)c1n[nH]c(C(=O)O)n1. The fourth-order valence-electron chi connectivity index (χ4n) is 1.18. The van der Waals surface area contributed by atoms with Crippen molar-refractivity contribution in [2.24, 2.45) is 0 Å². The van der Waals surface area contributed by atoms with E-state index in [1.54, 1.807) is 30.3 Å². The number of aromatic carboxylic acids is 1. The Labute approximate surface area is 90.0 Å². The molecule has 1 aromatic heterocycles. The molecule has 2 rings (SSSR count). The summed E-state index contributed by atoms with van der Waals surface area (Å²) in [5.74, 6) is -2.16. The molecule has 6 heteroatoms. The van der Waals surface area contributed by atoms with Crippen molar-refractivity contribution in [3.63, 3.8) is 0 Å². The molecule has 0 aliphatic heterocycles. The monoisotopic (exact) mass is 217 g/mol. The van der Waals surface area contributed by atoms with Crippen molar-refractivity contribution in [1.82, 2.24) is 15.2 Å². The molecule has 0 atom stereocenters. The molecule has 2 aromatic rings. The van der Waals surface area contributed by atoms with Crippen molar-refractivity contribution < 1.29 is 14.7 Å². The van der Waals surface area contributed by atoms with E-state index in [9.17, 15) is 9.59 Å². The highest BCUT2D eigenvalue weighted by Crippen LogP contribution is 2.05. The molecule has 0 radical (unpaired) electrons. The zero-order valence-electron chi connectivity index (χ0n) is 8.04. The van der Waals surface area contributed by atoms with Gasteiger partial charge in [0.1, 0.15) is 0 Å². The van der Waals surface area contributed by atoms with Crippen molar-refractivity contribution in [2.75, 3.05) is 0 Å². The van der Waals surface area contributed by atoms with Gasteiger partial charge in [-0.1, -0.05) is 30.3 Å². The Hall–Kier alpha value is -2.50. The number of nitrogens with zero attached hydrogens (tertiary/aromatic N) is 2. The second kappa shape index (κ2) is 3.93. The van der Waals surface area contributed by atoms with Gasteiger partial charge in [-0.2, -0.15) is 4.98 Å². The highest BCUT2D eigenvalue weighted by Gasteiger charge is 2.16. The van der Waals surface area contributed by atoms with Gasteiger partial charge in [0.05, 0.1) is 0 Å². The number of carbonyl (C=O) groups excluding carboxylic acids is 1. The lowest BCUT2D eigenvalue weighted by molar-refractivity contribution is 0.0684. The lowest BCUT2D eigenvalue weighted by Gasteiger charge is -1.93. The van der Waals surface area contributed by atoms with Gasteiger partial charge in [0.15, 0.2) is 0 Å². The molecular weight excluding hydrogens is 210 g/mol.